The number of benzene rings is 2. The quantitative estimate of drug-likeness (QED) is 0.833. The number of nitrogens with one attached hydrogen (secondary N) is 1. The molecule has 0 radical (unpaired) electrons. The Balaban J connectivity index is 1.96. The molecule has 0 saturated heterocycles. The number of anilines is 1. The van der Waals surface area contributed by atoms with Gasteiger partial charge in [0.05, 0.1) is 17.9 Å². The highest BCUT2D eigenvalue weighted by Gasteiger charge is 2.31. The van der Waals surface area contributed by atoms with Crippen LogP contribution >= 0.6 is 11.8 Å². The van der Waals surface area contributed by atoms with Crippen LogP contribution in [-0.4, -0.2) is 16.8 Å². The van der Waals surface area contributed by atoms with E-state index in [0.29, 0.717) is 6.54 Å². The molecular formula is C18H18N2OS. The lowest BCUT2D eigenvalue weighted by Crippen LogP contribution is -2.22. The van der Waals surface area contributed by atoms with Gasteiger partial charge in [0.2, 0.25) is 0 Å². The van der Waals surface area contributed by atoms with Crippen molar-refractivity contribution >= 4 is 22.6 Å². The maximum atomic E-state index is 10.8. The van der Waals surface area contributed by atoms with Gasteiger partial charge in [0.25, 0.3) is 0 Å². The van der Waals surface area contributed by atoms with Gasteiger partial charge in [-0.2, -0.15) is 0 Å². The SMILES string of the molecule is C=CCN=C1Nc2ccccc2[C@@H]([C@H](O)c2ccccc2)S1. The molecule has 2 N–H and O–H groups in total. The third-order valence-electron chi connectivity index (χ3n) is 3.54. The lowest BCUT2D eigenvalue weighted by atomic mass is 9.99. The fourth-order valence-corrected chi connectivity index (χ4v) is 3.65. The van der Waals surface area contributed by atoms with E-state index < -0.39 is 6.10 Å². The van der Waals surface area contributed by atoms with Gasteiger partial charge in [-0.05, 0) is 17.2 Å². The summed E-state index contributed by atoms with van der Waals surface area (Å²) >= 11 is 1.56. The first-order valence-corrected chi connectivity index (χ1v) is 8.08. The normalized spacial score (nSPS) is 20.0. The molecule has 1 aliphatic rings. The lowest BCUT2D eigenvalue weighted by Gasteiger charge is -2.30. The lowest BCUT2D eigenvalue weighted by molar-refractivity contribution is 0.175. The molecule has 0 saturated carbocycles. The molecule has 2 aromatic rings. The van der Waals surface area contributed by atoms with E-state index in [2.05, 4.69) is 23.0 Å². The second-order valence-electron chi connectivity index (χ2n) is 5.04. The molecule has 112 valence electrons. The van der Waals surface area contributed by atoms with Crippen molar-refractivity contribution in [3.8, 4) is 0 Å². The number of amidine groups is 1. The average Bonchev–Trinajstić information content (AvgIpc) is 2.59. The van der Waals surface area contributed by atoms with E-state index in [1.54, 1.807) is 17.8 Å². The molecular weight excluding hydrogens is 292 g/mol. The Hall–Kier alpha value is -2.04. The Labute approximate surface area is 134 Å². The van der Waals surface area contributed by atoms with Crippen molar-refractivity contribution in [2.75, 3.05) is 11.9 Å². The van der Waals surface area contributed by atoms with Crippen molar-refractivity contribution in [3.05, 3.63) is 78.4 Å². The molecule has 4 heteroatoms. The van der Waals surface area contributed by atoms with Crippen LogP contribution in [0, 0.1) is 0 Å². The molecule has 1 aliphatic heterocycles. The van der Waals surface area contributed by atoms with Crippen LogP contribution in [0.25, 0.3) is 0 Å². The second kappa shape index (κ2) is 6.81. The largest absolute Gasteiger partial charge is 0.387 e. The minimum Gasteiger partial charge on any atom is -0.387 e. The number of aliphatic hydroxyl groups is 1. The number of hydrogen-bond acceptors (Lipinski definition) is 3. The van der Waals surface area contributed by atoms with Crippen molar-refractivity contribution in [2.24, 2.45) is 4.99 Å². The number of aliphatic imine (C=N–C) groups is 1. The summed E-state index contributed by atoms with van der Waals surface area (Å²) in [7, 11) is 0. The van der Waals surface area contributed by atoms with Gasteiger partial charge in [0.15, 0.2) is 5.17 Å². The van der Waals surface area contributed by atoms with Gasteiger partial charge >= 0.3 is 0 Å². The summed E-state index contributed by atoms with van der Waals surface area (Å²) in [5.41, 5.74) is 3.02. The molecule has 0 bridgehead atoms. The van der Waals surface area contributed by atoms with Crippen molar-refractivity contribution < 1.29 is 5.11 Å². The maximum Gasteiger partial charge on any atom is 0.162 e. The van der Waals surface area contributed by atoms with E-state index in [1.807, 2.05) is 48.5 Å². The van der Waals surface area contributed by atoms with Gasteiger partial charge in [0, 0.05) is 5.69 Å². The van der Waals surface area contributed by atoms with Crippen LogP contribution in [0.3, 0.4) is 0 Å². The van der Waals surface area contributed by atoms with Gasteiger partial charge in [-0.15, -0.1) is 6.58 Å². The van der Waals surface area contributed by atoms with Crippen LogP contribution in [-0.2, 0) is 0 Å². The highest BCUT2D eigenvalue weighted by atomic mass is 32.2. The summed E-state index contributed by atoms with van der Waals surface area (Å²) in [5, 5.41) is 14.9. The van der Waals surface area contributed by atoms with Gasteiger partial charge in [-0.1, -0.05) is 66.4 Å². The monoisotopic (exact) mass is 310 g/mol. The zero-order chi connectivity index (χ0) is 15.4. The Bertz CT molecular complexity index is 684. The number of thioether (sulfide) groups is 1. The van der Waals surface area contributed by atoms with E-state index in [4.69, 9.17) is 0 Å². The van der Waals surface area contributed by atoms with E-state index in [-0.39, 0.29) is 5.25 Å². The topological polar surface area (TPSA) is 44.6 Å². The van der Waals surface area contributed by atoms with Crippen molar-refractivity contribution in [2.45, 2.75) is 11.4 Å². The van der Waals surface area contributed by atoms with E-state index >= 15 is 0 Å². The fraction of sp³-hybridized carbons (Fsp3) is 0.167. The summed E-state index contributed by atoms with van der Waals surface area (Å²) in [6.07, 6.45) is 1.18. The smallest absolute Gasteiger partial charge is 0.162 e. The third kappa shape index (κ3) is 3.08. The van der Waals surface area contributed by atoms with E-state index in [9.17, 15) is 5.11 Å². The molecule has 0 unspecified atom stereocenters. The van der Waals surface area contributed by atoms with Crippen molar-refractivity contribution in [1.82, 2.24) is 0 Å². The maximum absolute atomic E-state index is 10.8. The Morgan fingerprint density at radius 3 is 2.68 bits per heavy atom. The van der Waals surface area contributed by atoms with Crippen LogP contribution in [0.2, 0.25) is 0 Å². The highest BCUT2D eigenvalue weighted by Crippen LogP contribution is 2.46. The molecule has 0 fully saturated rings. The fourth-order valence-electron chi connectivity index (χ4n) is 2.47. The Morgan fingerprint density at radius 2 is 1.91 bits per heavy atom. The summed E-state index contributed by atoms with van der Waals surface area (Å²) in [6.45, 7) is 4.26. The van der Waals surface area contributed by atoms with Crippen LogP contribution in [0.5, 0.6) is 0 Å². The number of aliphatic hydroxyl groups excluding tert-OH is 1. The zero-order valence-corrected chi connectivity index (χ0v) is 13.0. The van der Waals surface area contributed by atoms with Crippen LogP contribution in [0.1, 0.15) is 22.5 Å². The molecule has 0 amide bonds. The number of nitrogens with zero attached hydrogens (tertiary/aromatic N) is 1. The zero-order valence-electron chi connectivity index (χ0n) is 12.1. The number of para-hydroxylation sites is 1. The van der Waals surface area contributed by atoms with Crippen LogP contribution < -0.4 is 5.32 Å². The first kappa shape index (κ1) is 14.9. The number of fused-ring (bicyclic) bond motifs is 1. The Morgan fingerprint density at radius 1 is 1.18 bits per heavy atom. The average molecular weight is 310 g/mol. The molecule has 2 aromatic carbocycles. The number of rotatable bonds is 4. The molecule has 3 rings (SSSR count). The molecule has 3 nitrogen and oxygen atoms in total. The molecule has 1 heterocycles. The molecule has 2 atom stereocenters. The summed E-state index contributed by atoms with van der Waals surface area (Å²) < 4.78 is 0. The minimum absolute atomic E-state index is 0.0802. The van der Waals surface area contributed by atoms with E-state index in [1.165, 1.54) is 0 Å². The highest BCUT2D eigenvalue weighted by molar-refractivity contribution is 8.14. The second-order valence-corrected chi connectivity index (χ2v) is 6.17. The standard InChI is InChI=1S/C18H18N2OS/c1-2-12-19-18-20-15-11-7-6-10-14(15)17(22-18)16(21)13-8-4-3-5-9-13/h2-11,16-17,21H,1,12H2,(H,19,20)/t16-,17+/m1/s1. The van der Waals surface area contributed by atoms with Gasteiger partial charge in [-0.25, -0.2) is 0 Å². The summed E-state index contributed by atoms with van der Waals surface area (Å²) in [5.74, 6) is 0. The van der Waals surface area contributed by atoms with Crippen LogP contribution in [0.15, 0.2) is 72.2 Å². The molecule has 0 aliphatic carbocycles. The first-order valence-electron chi connectivity index (χ1n) is 7.20. The van der Waals surface area contributed by atoms with Gasteiger partial charge in [-0.3, -0.25) is 4.99 Å². The molecule has 22 heavy (non-hydrogen) atoms. The third-order valence-corrected chi connectivity index (χ3v) is 4.76. The van der Waals surface area contributed by atoms with Crippen LogP contribution in [0.4, 0.5) is 5.69 Å². The minimum atomic E-state index is -0.580. The molecule has 0 aromatic heterocycles. The predicted octanol–water partition coefficient (Wildman–Crippen LogP) is 4.16. The molecule has 0 spiro atoms. The summed E-state index contributed by atoms with van der Waals surface area (Å²) in [4.78, 5) is 4.47. The Kier molecular flexibility index (Phi) is 4.61. The van der Waals surface area contributed by atoms with Crippen molar-refractivity contribution in [1.29, 1.82) is 0 Å². The van der Waals surface area contributed by atoms with Crippen molar-refractivity contribution in [3.63, 3.8) is 0 Å². The number of hydrogen-bond donors (Lipinski definition) is 2. The van der Waals surface area contributed by atoms with Gasteiger partial charge in [0.1, 0.15) is 0 Å². The van der Waals surface area contributed by atoms with E-state index in [0.717, 1.165) is 22.0 Å². The summed E-state index contributed by atoms with van der Waals surface area (Å²) in [6, 6.07) is 17.8. The predicted molar refractivity (Wildman–Crippen MR) is 94.3 cm³/mol. The van der Waals surface area contributed by atoms with Gasteiger partial charge < -0.3 is 10.4 Å². The first-order chi connectivity index (χ1) is 10.8.